The average molecular weight is 451 g/mol. The van der Waals surface area contributed by atoms with Gasteiger partial charge in [-0.05, 0) is 49.1 Å². The average Bonchev–Trinajstić information content (AvgIpc) is 2.65. The van der Waals surface area contributed by atoms with E-state index in [1.807, 2.05) is 55.5 Å². The van der Waals surface area contributed by atoms with Gasteiger partial charge in [0.2, 0.25) is 15.9 Å². The number of rotatable bonds is 5. The first-order chi connectivity index (χ1) is 12.8. The first kappa shape index (κ1) is 20.0. The van der Waals surface area contributed by atoms with Crippen LogP contribution in [0.5, 0.6) is 0 Å². The molecule has 27 heavy (non-hydrogen) atoms. The van der Waals surface area contributed by atoms with Crippen LogP contribution in [0.2, 0.25) is 0 Å². The summed E-state index contributed by atoms with van der Waals surface area (Å²) in [6.07, 6.45) is 1.38. The lowest BCUT2D eigenvalue weighted by molar-refractivity contribution is -0.120. The van der Waals surface area contributed by atoms with Crippen molar-refractivity contribution in [2.45, 2.75) is 25.5 Å². The molecule has 0 bridgehead atoms. The number of hydrogen-bond acceptors (Lipinski definition) is 3. The number of anilines is 1. The Kier molecular flexibility index (Phi) is 6.34. The summed E-state index contributed by atoms with van der Waals surface area (Å²) in [5.41, 5.74) is 2.52. The van der Waals surface area contributed by atoms with Crippen molar-refractivity contribution in [1.29, 1.82) is 0 Å². The third kappa shape index (κ3) is 5.18. The summed E-state index contributed by atoms with van der Waals surface area (Å²) in [7, 11) is -3.44. The van der Waals surface area contributed by atoms with Crippen LogP contribution in [-0.4, -0.2) is 31.7 Å². The predicted molar refractivity (Wildman–Crippen MR) is 111 cm³/mol. The SMILES string of the molecule is Cc1cc(NC(=O)[C@@H]2CCCN(S(=O)(=O)Cc3ccccc3)C2)ccc1Br. The number of carbonyl (C=O) groups is 1. The van der Waals surface area contributed by atoms with Crippen molar-refractivity contribution in [1.82, 2.24) is 4.31 Å². The molecule has 3 rings (SSSR count). The maximum Gasteiger partial charge on any atom is 0.228 e. The van der Waals surface area contributed by atoms with Crippen LogP contribution in [0, 0.1) is 12.8 Å². The molecule has 5 nitrogen and oxygen atoms in total. The molecule has 0 spiro atoms. The molecule has 0 aromatic heterocycles. The zero-order valence-corrected chi connectivity index (χ0v) is 17.6. The quantitative estimate of drug-likeness (QED) is 0.749. The largest absolute Gasteiger partial charge is 0.326 e. The lowest BCUT2D eigenvalue weighted by Gasteiger charge is -2.31. The van der Waals surface area contributed by atoms with Crippen molar-refractivity contribution in [3.05, 3.63) is 64.1 Å². The van der Waals surface area contributed by atoms with E-state index >= 15 is 0 Å². The van der Waals surface area contributed by atoms with E-state index in [2.05, 4.69) is 21.2 Å². The molecular weight excluding hydrogens is 428 g/mol. The number of amides is 1. The van der Waals surface area contributed by atoms with Gasteiger partial charge in [-0.25, -0.2) is 12.7 Å². The van der Waals surface area contributed by atoms with Crippen molar-refractivity contribution in [3.8, 4) is 0 Å². The number of carbonyl (C=O) groups excluding carboxylic acids is 1. The molecule has 2 aromatic carbocycles. The fourth-order valence-corrected chi connectivity index (χ4v) is 5.11. The van der Waals surface area contributed by atoms with Gasteiger partial charge in [0.1, 0.15) is 0 Å². The van der Waals surface area contributed by atoms with Gasteiger partial charge in [0.15, 0.2) is 0 Å². The molecule has 1 aliphatic heterocycles. The van der Waals surface area contributed by atoms with Gasteiger partial charge in [0, 0.05) is 23.2 Å². The second-order valence-electron chi connectivity index (χ2n) is 6.89. The molecule has 0 saturated carbocycles. The molecule has 1 amide bonds. The van der Waals surface area contributed by atoms with E-state index in [1.54, 1.807) is 0 Å². The second-order valence-corrected chi connectivity index (χ2v) is 9.72. The highest BCUT2D eigenvalue weighted by Crippen LogP contribution is 2.24. The monoisotopic (exact) mass is 450 g/mol. The van der Waals surface area contributed by atoms with Gasteiger partial charge in [-0.1, -0.05) is 46.3 Å². The molecular formula is C20H23BrN2O3S. The molecule has 2 aromatic rings. The molecule has 1 heterocycles. The number of nitrogens with one attached hydrogen (secondary N) is 1. The summed E-state index contributed by atoms with van der Waals surface area (Å²) in [4.78, 5) is 12.7. The van der Waals surface area contributed by atoms with E-state index in [0.29, 0.717) is 19.4 Å². The predicted octanol–water partition coefficient (Wildman–Crippen LogP) is 3.94. The Morgan fingerprint density at radius 3 is 2.67 bits per heavy atom. The zero-order chi connectivity index (χ0) is 19.4. The van der Waals surface area contributed by atoms with Crippen LogP contribution >= 0.6 is 15.9 Å². The van der Waals surface area contributed by atoms with Crippen LogP contribution in [0.25, 0.3) is 0 Å². The third-order valence-corrected chi connectivity index (χ3v) is 7.47. The van der Waals surface area contributed by atoms with Crippen LogP contribution in [0.4, 0.5) is 5.69 Å². The molecule has 0 aliphatic carbocycles. The fraction of sp³-hybridized carbons (Fsp3) is 0.350. The van der Waals surface area contributed by atoms with E-state index in [4.69, 9.17) is 0 Å². The van der Waals surface area contributed by atoms with E-state index in [9.17, 15) is 13.2 Å². The minimum Gasteiger partial charge on any atom is -0.326 e. The van der Waals surface area contributed by atoms with Gasteiger partial charge in [-0.2, -0.15) is 0 Å². The molecule has 0 radical (unpaired) electrons. The topological polar surface area (TPSA) is 66.5 Å². The number of hydrogen-bond donors (Lipinski definition) is 1. The zero-order valence-electron chi connectivity index (χ0n) is 15.2. The van der Waals surface area contributed by atoms with E-state index < -0.39 is 10.0 Å². The van der Waals surface area contributed by atoms with Gasteiger partial charge >= 0.3 is 0 Å². The standard InChI is InChI=1S/C20H23BrN2O3S/c1-15-12-18(9-10-19(15)21)22-20(24)17-8-5-11-23(13-17)27(25,26)14-16-6-3-2-4-7-16/h2-4,6-7,9-10,12,17H,5,8,11,13-14H2,1H3,(H,22,24)/t17-/m1/s1. The Morgan fingerprint density at radius 2 is 1.96 bits per heavy atom. The summed E-state index contributed by atoms with van der Waals surface area (Å²) < 4.78 is 27.9. The number of benzene rings is 2. The summed E-state index contributed by atoms with van der Waals surface area (Å²) >= 11 is 3.44. The Balaban J connectivity index is 1.66. The number of aryl methyl sites for hydroxylation is 1. The van der Waals surface area contributed by atoms with Crippen molar-refractivity contribution < 1.29 is 13.2 Å². The highest BCUT2D eigenvalue weighted by atomic mass is 79.9. The van der Waals surface area contributed by atoms with Crippen molar-refractivity contribution in [3.63, 3.8) is 0 Å². The summed E-state index contributed by atoms with van der Waals surface area (Å²) in [6.45, 7) is 2.66. The lowest BCUT2D eigenvalue weighted by Crippen LogP contribution is -2.44. The van der Waals surface area contributed by atoms with Gasteiger partial charge in [0.05, 0.1) is 11.7 Å². The van der Waals surface area contributed by atoms with Crippen LogP contribution in [-0.2, 0) is 20.6 Å². The molecule has 1 N–H and O–H groups in total. The molecule has 144 valence electrons. The van der Waals surface area contributed by atoms with Crippen molar-refractivity contribution >= 4 is 37.5 Å². The maximum atomic E-state index is 12.8. The summed E-state index contributed by atoms with van der Waals surface area (Å²) in [5.74, 6) is -0.502. The van der Waals surface area contributed by atoms with Gasteiger partial charge in [0.25, 0.3) is 0 Å². The fourth-order valence-electron chi connectivity index (χ4n) is 3.25. The van der Waals surface area contributed by atoms with Crippen LogP contribution in [0.1, 0.15) is 24.0 Å². The van der Waals surface area contributed by atoms with Crippen molar-refractivity contribution in [2.75, 3.05) is 18.4 Å². The Hall–Kier alpha value is -1.70. The normalized spacial score (nSPS) is 18.2. The van der Waals surface area contributed by atoms with E-state index in [0.717, 1.165) is 21.3 Å². The Morgan fingerprint density at radius 1 is 1.22 bits per heavy atom. The minimum absolute atomic E-state index is 0.0336. The molecule has 0 unspecified atom stereocenters. The van der Waals surface area contributed by atoms with Crippen LogP contribution in [0.3, 0.4) is 0 Å². The smallest absolute Gasteiger partial charge is 0.228 e. The summed E-state index contributed by atoms with van der Waals surface area (Å²) in [6, 6.07) is 14.8. The van der Waals surface area contributed by atoms with Crippen LogP contribution in [0.15, 0.2) is 53.0 Å². The molecule has 1 fully saturated rings. The molecule has 7 heteroatoms. The number of nitrogens with zero attached hydrogens (tertiary/aromatic N) is 1. The van der Waals surface area contributed by atoms with Crippen molar-refractivity contribution in [2.24, 2.45) is 5.92 Å². The van der Waals surface area contributed by atoms with Gasteiger partial charge in [-0.3, -0.25) is 4.79 Å². The first-order valence-electron chi connectivity index (χ1n) is 8.94. The molecule has 1 atom stereocenters. The van der Waals surface area contributed by atoms with E-state index in [1.165, 1.54) is 4.31 Å². The highest BCUT2D eigenvalue weighted by Gasteiger charge is 2.32. The van der Waals surface area contributed by atoms with Gasteiger partial charge < -0.3 is 5.32 Å². The minimum atomic E-state index is -3.44. The Bertz CT molecular complexity index is 916. The van der Waals surface area contributed by atoms with Gasteiger partial charge in [-0.15, -0.1) is 0 Å². The first-order valence-corrected chi connectivity index (χ1v) is 11.3. The molecule has 1 saturated heterocycles. The van der Waals surface area contributed by atoms with Crippen LogP contribution < -0.4 is 5.32 Å². The van der Waals surface area contributed by atoms with E-state index in [-0.39, 0.29) is 24.1 Å². The molecule has 1 aliphatic rings. The number of piperidine rings is 1. The number of halogens is 1. The Labute approximate surface area is 169 Å². The highest BCUT2D eigenvalue weighted by molar-refractivity contribution is 9.10. The third-order valence-electron chi connectivity index (χ3n) is 4.77. The number of sulfonamides is 1. The summed E-state index contributed by atoms with van der Waals surface area (Å²) in [5, 5.41) is 2.92. The lowest BCUT2D eigenvalue weighted by atomic mass is 9.98. The maximum absolute atomic E-state index is 12.8. The second kappa shape index (κ2) is 8.54.